The summed E-state index contributed by atoms with van der Waals surface area (Å²) in [5.74, 6) is -0.784. The fraction of sp³-hybridized carbons (Fsp3) is 0.310. The van der Waals surface area contributed by atoms with Gasteiger partial charge in [0, 0.05) is 22.1 Å². The molecule has 0 heterocycles. The van der Waals surface area contributed by atoms with Crippen molar-refractivity contribution in [3.63, 3.8) is 0 Å². The Balaban J connectivity index is 2.03. The molecule has 0 spiro atoms. The number of hydrogen-bond acceptors (Lipinski definition) is 4. The normalized spacial score (nSPS) is 12.8. The van der Waals surface area contributed by atoms with Gasteiger partial charge in [0.05, 0.1) is 10.6 Å². The van der Waals surface area contributed by atoms with Crippen molar-refractivity contribution in [2.75, 3.05) is 10.8 Å². The first-order valence-corrected chi connectivity index (χ1v) is 15.4. The maximum Gasteiger partial charge on any atom is 0.264 e. The van der Waals surface area contributed by atoms with Gasteiger partial charge in [-0.05, 0) is 73.9 Å². The predicted octanol–water partition coefficient (Wildman–Crippen LogP) is 6.02. The number of hydrogen-bond donors (Lipinski definition) is 1. The lowest BCUT2D eigenvalue weighted by Gasteiger charge is -2.33. The van der Waals surface area contributed by atoms with Crippen LogP contribution < -0.4 is 9.62 Å². The second-order valence-corrected chi connectivity index (χ2v) is 12.4. The van der Waals surface area contributed by atoms with Crippen LogP contribution in [0.3, 0.4) is 0 Å². The Kier molecular flexibility index (Phi) is 11.0. The van der Waals surface area contributed by atoms with Crippen LogP contribution in [0.4, 0.5) is 5.69 Å². The van der Waals surface area contributed by atoms with E-state index < -0.39 is 28.5 Å². The largest absolute Gasteiger partial charge is 0.352 e. The minimum Gasteiger partial charge on any atom is -0.352 e. The van der Waals surface area contributed by atoms with Gasteiger partial charge >= 0.3 is 0 Å². The van der Waals surface area contributed by atoms with Crippen LogP contribution >= 0.6 is 27.5 Å². The molecule has 1 N–H and O–H groups in total. The molecule has 7 nitrogen and oxygen atoms in total. The number of benzene rings is 3. The fourth-order valence-electron chi connectivity index (χ4n) is 4.00. The summed E-state index contributed by atoms with van der Waals surface area (Å²) in [4.78, 5) is 28.8. The Hall–Kier alpha value is -2.88. The number of nitrogens with zero attached hydrogens (tertiary/aromatic N) is 2. The van der Waals surface area contributed by atoms with Gasteiger partial charge in [-0.25, -0.2) is 8.42 Å². The van der Waals surface area contributed by atoms with Gasteiger partial charge in [0.25, 0.3) is 10.0 Å². The standard InChI is InChI=1S/C29H33BrClN3O4S/c1-4-21(3)32-29(36)27(5-2)33(19-22-11-15-24(31)16-12-22)28(35)20-34(25-17-13-23(30)14-18-25)39(37,38)26-9-7-6-8-10-26/h6-18,21,27H,4-5,19-20H2,1-3H3,(H,32,36)/t21-,27+/m1/s1. The summed E-state index contributed by atoms with van der Waals surface area (Å²) >= 11 is 9.44. The SMILES string of the molecule is CC[C@@H](C)NC(=O)[C@H](CC)N(Cc1ccc(Cl)cc1)C(=O)CN(c1ccc(Br)cc1)S(=O)(=O)c1ccccc1. The molecule has 0 saturated heterocycles. The van der Waals surface area contributed by atoms with Crippen molar-refractivity contribution in [3.05, 3.63) is 93.9 Å². The molecule has 0 radical (unpaired) electrons. The molecule has 3 rings (SSSR count). The Morgan fingerprint density at radius 3 is 2.10 bits per heavy atom. The van der Waals surface area contributed by atoms with E-state index in [4.69, 9.17) is 11.6 Å². The molecule has 39 heavy (non-hydrogen) atoms. The van der Waals surface area contributed by atoms with Gasteiger partial charge in [0.15, 0.2) is 0 Å². The quantitative estimate of drug-likeness (QED) is 0.264. The van der Waals surface area contributed by atoms with Gasteiger partial charge in [-0.1, -0.05) is 71.7 Å². The van der Waals surface area contributed by atoms with E-state index in [2.05, 4.69) is 21.2 Å². The highest BCUT2D eigenvalue weighted by molar-refractivity contribution is 9.10. The molecule has 10 heteroatoms. The average Bonchev–Trinajstić information content (AvgIpc) is 2.93. The summed E-state index contributed by atoms with van der Waals surface area (Å²) < 4.78 is 29.4. The van der Waals surface area contributed by atoms with Crippen molar-refractivity contribution in [2.45, 2.75) is 57.1 Å². The molecule has 3 aromatic carbocycles. The summed E-state index contributed by atoms with van der Waals surface area (Å²) in [7, 11) is -4.10. The zero-order valence-corrected chi connectivity index (χ0v) is 25.3. The zero-order chi connectivity index (χ0) is 28.6. The van der Waals surface area contributed by atoms with Crippen molar-refractivity contribution in [2.24, 2.45) is 0 Å². The number of rotatable bonds is 12. The number of sulfonamides is 1. The third-order valence-electron chi connectivity index (χ3n) is 6.38. The van der Waals surface area contributed by atoms with Crippen LogP contribution in [0.15, 0.2) is 88.2 Å². The first-order valence-electron chi connectivity index (χ1n) is 12.7. The maximum absolute atomic E-state index is 14.0. The highest BCUT2D eigenvalue weighted by atomic mass is 79.9. The number of carbonyl (C=O) groups excluding carboxylic acids is 2. The van der Waals surface area contributed by atoms with Gasteiger partial charge in [-0.2, -0.15) is 0 Å². The average molecular weight is 635 g/mol. The van der Waals surface area contributed by atoms with Gasteiger partial charge in [0.1, 0.15) is 12.6 Å². The first-order chi connectivity index (χ1) is 18.6. The molecular weight excluding hydrogens is 602 g/mol. The second kappa shape index (κ2) is 14.0. The predicted molar refractivity (Wildman–Crippen MR) is 159 cm³/mol. The Morgan fingerprint density at radius 1 is 0.923 bits per heavy atom. The molecule has 0 saturated carbocycles. The topological polar surface area (TPSA) is 86.8 Å². The van der Waals surface area contributed by atoms with E-state index >= 15 is 0 Å². The van der Waals surface area contributed by atoms with E-state index in [1.54, 1.807) is 66.7 Å². The number of carbonyl (C=O) groups is 2. The van der Waals surface area contributed by atoms with E-state index in [9.17, 15) is 18.0 Å². The monoisotopic (exact) mass is 633 g/mol. The van der Waals surface area contributed by atoms with E-state index in [0.29, 0.717) is 17.1 Å². The molecule has 0 bridgehead atoms. The summed E-state index contributed by atoms with van der Waals surface area (Å²) in [5, 5.41) is 3.52. The smallest absolute Gasteiger partial charge is 0.264 e. The Morgan fingerprint density at radius 2 is 1.54 bits per heavy atom. The molecule has 0 aliphatic heterocycles. The van der Waals surface area contributed by atoms with Gasteiger partial charge < -0.3 is 10.2 Å². The molecular formula is C29H33BrClN3O4S. The van der Waals surface area contributed by atoms with Gasteiger partial charge in [-0.3, -0.25) is 13.9 Å². The van der Waals surface area contributed by atoms with Crippen LogP contribution in [-0.4, -0.2) is 43.8 Å². The molecule has 0 aliphatic carbocycles. The van der Waals surface area contributed by atoms with E-state index in [-0.39, 0.29) is 23.4 Å². The second-order valence-electron chi connectivity index (χ2n) is 9.19. The molecule has 0 fully saturated rings. The molecule has 0 aliphatic rings. The molecule has 0 aromatic heterocycles. The molecule has 208 valence electrons. The lowest BCUT2D eigenvalue weighted by molar-refractivity contribution is -0.140. The zero-order valence-electron chi connectivity index (χ0n) is 22.2. The number of nitrogens with one attached hydrogen (secondary N) is 1. The summed E-state index contributed by atoms with van der Waals surface area (Å²) in [6.07, 6.45) is 1.09. The van der Waals surface area contributed by atoms with Crippen LogP contribution in [0.2, 0.25) is 5.02 Å². The highest BCUT2D eigenvalue weighted by Gasteiger charge is 2.33. The van der Waals surface area contributed by atoms with Crippen LogP contribution in [0, 0.1) is 0 Å². The van der Waals surface area contributed by atoms with Crippen LogP contribution in [0.5, 0.6) is 0 Å². The fourth-order valence-corrected chi connectivity index (χ4v) is 5.83. The van der Waals surface area contributed by atoms with Crippen molar-refractivity contribution in [1.29, 1.82) is 0 Å². The molecule has 2 atom stereocenters. The molecule has 3 aromatic rings. The number of anilines is 1. The van der Waals surface area contributed by atoms with Gasteiger partial charge in [0.2, 0.25) is 11.8 Å². The molecule has 0 unspecified atom stereocenters. The minimum absolute atomic E-state index is 0.0616. The van der Waals surface area contributed by atoms with E-state index in [1.807, 2.05) is 20.8 Å². The van der Waals surface area contributed by atoms with Crippen molar-refractivity contribution >= 4 is 55.1 Å². The lowest BCUT2D eigenvalue weighted by atomic mass is 10.1. The summed E-state index contributed by atoms with van der Waals surface area (Å²) in [5.41, 5.74) is 1.10. The van der Waals surface area contributed by atoms with Crippen molar-refractivity contribution in [3.8, 4) is 0 Å². The Bertz CT molecular complexity index is 1350. The first kappa shape index (κ1) is 30.7. The Labute approximate surface area is 244 Å². The minimum atomic E-state index is -4.10. The van der Waals surface area contributed by atoms with E-state index in [1.165, 1.54) is 17.0 Å². The summed E-state index contributed by atoms with van der Waals surface area (Å²) in [6, 6.07) is 20.8. The van der Waals surface area contributed by atoms with Crippen LogP contribution in [-0.2, 0) is 26.2 Å². The number of amides is 2. The third kappa shape index (κ3) is 8.06. The lowest BCUT2D eigenvalue weighted by Crippen LogP contribution is -2.53. The molecule has 2 amide bonds. The van der Waals surface area contributed by atoms with Crippen LogP contribution in [0.25, 0.3) is 0 Å². The summed E-state index contributed by atoms with van der Waals surface area (Å²) in [6.45, 7) is 5.32. The van der Waals surface area contributed by atoms with Crippen molar-refractivity contribution < 1.29 is 18.0 Å². The maximum atomic E-state index is 14.0. The van der Waals surface area contributed by atoms with Crippen molar-refractivity contribution in [1.82, 2.24) is 10.2 Å². The van der Waals surface area contributed by atoms with Gasteiger partial charge in [-0.15, -0.1) is 0 Å². The van der Waals surface area contributed by atoms with E-state index in [0.717, 1.165) is 20.8 Å². The van der Waals surface area contributed by atoms with Crippen LogP contribution in [0.1, 0.15) is 39.2 Å². The highest BCUT2D eigenvalue weighted by Crippen LogP contribution is 2.26. The number of halogens is 2. The third-order valence-corrected chi connectivity index (χ3v) is 8.95.